The van der Waals surface area contributed by atoms with Gasteiger partial charge in [0.05, 0.1) is 5.69 Å². The summed E-state index contributed by atoms with van der Waals surface area (Å²) in [5, 5.41) is 9.01. The van der Waals surface area contributed by atoms with Crippen LogP contribution in [-0.4, -0.2) is 21.3 Å². The van der Waals surface area contributed by atoms with Gasteiger partial charge in [0.1, 0.15) is 5.82 Å². The Bertz CT molecular complexity index is 474. The summed E-state index contributed by atoms with van der Waals surface area (Å²) in [7, 11) is 1.99. The molecular weight excluding hydrogens is 200 g/mol. The first-order chi connectivity index (χ1) is 7.74. The Hall–Kier alpha value is -1.61. The number of aliphatic hydroxyl groups excluding tert-OH is 1. The van der Waals surface area contributed by atoms with Crippen molar-refractivity contribution in [3.8, 4) is 11.4 Å². The fourth-order valence-corrected chi connectivity index (χ4v) is 1.97. The molecule has 2 rings (SSSR count). The molecule has 0 saturated heterocycles. The van der Waals surface area contributed by atoms with Crippen molar-refractivity contribution in [2.24, 2.45) is 7.05 Å². The van der Waals surface area contributed by atoms with Gasteiger partial charge in [-0.1, -0.05) is 30.3 Å². The van der Waals surface area contributed by atoms with E-state index in [-0.39, 0.29) is 6.61 Å². The predicted octanol–water partition coefficient (Wildman–Crippen LogP) is 1.93. The summed E-state index contributed by atoms with van der Waals surface area (Å²) in [4.78, 5) is 4.55. The molecule has 0 unspecified atom stereocenters. The van der Waals surface area contributed by atoms with E-state index in [2.05, 4.69) is 9.55 Å². The number of imidazole rings is 1. The molecule has 1 aromatic carbocycles. The van der Waals surface area contributed by atoms with Crippen LogP contribution in [0.5, 0.6) is 0 Å². The largest absolute Gasteiger partial charge is 0.396 e. The minimum absolute atomic E-state index is 0.161. The van der Waals surface area contributed by atoms with Crippen molar-refractivity contribution in [2.45, 2.75) is 13.3 Å². The summed E-state index contributed by atoms with van der Waals surface area (Å²) in [6.45, 7) is 2.14. The van der Waals surface area contributed by atoms with Gasteiger partial charge in [-0.25, -0.2) is 4.98 Å². The van der Waals surface area contributed by atoms with Crippen molar-refractivity contribution in [1.82, 2.24) is 9.55 Å². The van der Waals surface area contributed by atoms with Gasteiger partial charge >= 0.3 is 0 Å². The highest BCUT2D eigenvalue weighted by molar-refractivity contribution is 5.56. The van der Waals surface area contributed by atoms with Crippen LogP contribution >= 0.6 is 0 Å². The molecule has 2 aromatic rings. The lowest BCUT2D eigenvalue weighted by atomic mass is 10.2. The molecule has 0 aliphatic carbocycles. The minimum atomic E-state index is 0.161. The van der Waals surface area contributed by atoms with Gasteiger partial charge in [-0.3, -0.25) is 0 Å². The monoisotopic (exact) mass is 216 g/mol. The third kappa shape index (κ3) is 1.86. The molecule has 0 saturated carbocycles. The fourth-order valence-electron chi connectivity index (χ4n) is 1.97. The maximum absolute atomic E-state index is 9.01. The smallest absolute Gasteiger partial charge is 0.140 e. The van der Waals surface area contributed by atoms with Crippen LogP contribution in [0.1, 0.15) is 11.4 Å². The summed E-state index contributed by atoms with van der Waals surface area (Å²) in [6.07, 6.45) is 0.655. The summed E-state index contributed by atoms with van der Waals surface area (Å²) < 4.78 is 2.06. The Balaban J connectivity index is 2.47. The van der Waals surface area contributed by atoms with E-state index in [1.807, 2.05) is 44.3 Å². The summed E-state index contributed by atoms with van der Waals surface area (Å²) in [5.74, 6) is 0.960. The van der Waals surface area contributed by atoms with Gasteiger partial charge in [0.15, 0.2) is 0 Å². The zero-order chi connectivity index (χ0) is 11.5. The Labute approximate surface area is 95.4 Å². The molecule has 0 radical (unpaired) electrons. The molecule has 0 bridgehead atoms. The quantitative estimate of drug-likeness (QED) is 0.851. The van der Waals surface area contributed by atoms with E-state index in [4.69, 9.17) is 5.11 Å². The van der Waals surface area contributed by atoms with Crippen LogP contribution in [0.25, 0.3) is 11.4 Å². The van der Waals surface area contributed by atoms with Crippen LogP contribution in [0.3, 0.4) is 0 Å². The standard InChI is InChI=1S/C13H16N2O/c1-10-12(8-9-16)15(2)13(14-10)11-6-4-3-5-7-11/h3-7,16H,8-9H2,1-2H3. The molecular formula is C13H16N2O. The molecule has 3 heteroatoms. The average molecular weight is 216 g/mol. The summed E-state index contributed by atoms with van der Waals surface area (Å²) in [6, 6.07) is 10.1. The Morgan fingerprint density at radius 2 is 1.94 bits per heavy atom. The van der Waals surface area contributed by atoms with Gasteiger partial charge < -0.3 is 9.67 Å². The van der Waals surface area contributed by atoms with Crippen molar-refractivity contribution in [1.29, 1.82) is 0 Å². The number of aryl methyl sites for hydroxylation is 1. The second kappa shape index (κ2) is 4.49. The molecule has 0 spiro atoms. The third-order valence-electron chi connectivity index (χ3n) is 2.79. The maximum Gasteiger partial charge on any atom is 0.140 e. The van der Waals surface area contributed by atoms with Gasteiger partial charge in [-0.2, -0.15) is 0 Å². The number of hydrogen-bond acceptors (Lipinski definition) is 2. The van der Waals surface area contributed by atoms with Gasteiger partial charge in [0.25, 0.3) is 0 Å². The highest BCUT2D eigenvalue weighted by Crippen LogP contribution is 2.20. The molecule has 1 N–H and O–H groups in total. The topological polar surface area (TPSA) is 38.0 Å². The van der Waals surface area contributed by atoms with Crippen LogP contribution in [0, 0.1) is 6.92 Å². The molecule has 1 aromatic heterocycles. The zero-order valence-corrected chi connectivity index (χ0v) is 9.64. The van der Waals surface area contributed by atoms with E-state index in [1.165, 1.54) is 0 Å². The Morgan fingerprint density at radius 1 is 1.25 bits per heavy atom. The van der Waals surface area contributed by atoms with Crippen LogP contribution < -0.4 is 0 Å². The third-order valence-corrected chi connectivity index (χ3v) is 2.79. The van der Waals surface area contributed by atoms with Crippen LogP contribution in [-0.2, 0) is 13.5 Å². The molecule has 0 aliphatic heterocycles. The van der Waals surface area contributed by atoms with Crippen LogP contribution in [0.15, 0.2) is 30.3 Å². The number of hydrogen-bond donors (Lipinski definition) is 1. The van der Waals surface area contributed by atoms with Crippen molar-refractivity contribution in [3.05, 3.63) is 41.7 Å². The van der Waals surface area contributed by atoms with Gasteiger partial charge in [-0.15, -0.1) is 0 Å². The minimum Gasteiger partial charge on any atom is -0.396 e. The molecule has 3 nitrogen and oxygen atoms in total. The molecule has 16 heavy (non-hydrogen) atoms. The number of aliphatic hydroxyl groups is 1. The van der Waals surface area contributed by atoms with Gasteiger partial charge in [0.2, 0.25) is 0 Å². The lowest BCUT2D eigenvalue weighted by Gasteiger charge is -2.05. The van der Waals surface area contributed by atoms with Gasteiger partial charge in [-0.05, 0) is 6.92 Å². The predicted molar refractivity (Wildman–Crippen MR) is 64.2 cm³/mol. The lowest BCUT2D eigenvalue weighted by Crippen LogP contribution is -2.02. The maximum atomic E-state index is 9.01. The molecule has 84 valence electrons. The van der Waals surface area contributed by atoms with E-state index >= 15 is 0 Å². The normalized spacial score (nSPS) is 10.7. The highest BCUT2D eigenvalue weighted by Gasteiger charge is 2.11. The summed E-state index contributed by atoms with van der Waals surface area (Å²) in [5.41, 5.74) is 3.20. The van der Waals surface area contributed by atoms with E-state index in [0.29, 0.717) is 6.42 Å². The van der Waals surface area contributed by atoms with Crippen molar-refractivity contribution in [3.63, 3.8) is 0 Å². The zero-order valence-electron chi connectivity index (χ0n) is 9.64. The highest BCUT2D eigenvalue weighted by atomic mass is 16.3. The Morgan fingerprint density at radius 3 is 2.56 bits per heavy atom. The van der Waals surface area contributed by atoms with E-state index < -0.39 is 0 Å². The first kappa shape index (κ1) is 10.9. The van der Waals surface area contributed by atoms with Crippen LogP contribution in [0.2, 0.25) is 0 Å². The van der Waals surface area contributed by atoms with Crippen molar-refractivity contribution in [2.75, 3.05) is 6.61 Å². The number of aromatic nitrogens is 2. The molecule has 1 heterocycles. The average Bonchev–Trinajstić information content (AvgIpc) is 2.59. The first-order valence-corrected chi connectivity index (χ1v) is 5.42. The lowest BCUT2D eigenvalue weighted by molar-refractivity contribution is 0.296. The number of rotatable bonds is 3. The molecule has 0 fully saturated rings. The van der Waals surface area contributed by atoms with E-state index in [0.717, 1.165) is 22.8 Å². The Kier molecular flexibility index (Phi) is 3.06. The second-order valence-electron chi connectivity index (χ2n) is 3.87. The number of nitrogens with zero attached hydrogens (tertiary/aromatic N) is 2. The van der Waals surface area contributed by atoms with Crippen LogP contribution in [0.4, 0.5) is 0 Å². The summed E-state index contributed by atoms with van der Waals surface area (Å²) >= 11 is 0. The SMILES string of the molecule is Cc1nc(-c2ccccc2)n(C)c1CCO. The molecule has 0 amide bonds. The van der Waals surface area contributed by atoms with Crippen molar-refractivity contribution < 1.29 is 5.11 Å². The molecule has 0 atom stereocenters. The first-order valence-electron chi connectivity index (χ1n) is 5.42. The van der Waals surface area contributed by atoms with E-state index in [1.54, 1.807) is 0 Å². The van der Waals surface area contributed by atoms with E-state index in [9.17, 15) is 0 Å². The van der Waals surface area contributed by atoms with Gasteiger partial charge in [0, 0.05) is 31.3 Å². The van der Waals surface area contributed by atoms with Crippen molar-refractivity contribution >= 4 is 0 Å². The second-order valence-corrected chi connectivity index (χ2v) is 3.87. The number of benzene rings is 1. The molecule has 0 aliphatic rings. The fraction of sp³-hybridized carbons (Fsp3) is 0.308.